The first-order chi connectivity index (χ1) is 7.68. The highest BCUT2D eigenvalue weighted by Gasteiger charge is 2.59. The second kappa shape index (κ2) is 3.24. The Morgan fingerprint density at radius 2 is 1.94 bits per heavy atom. The van der Waals surface area contributed by atoms with Crippen molar-refractivity contribution < 1.29 is 9.90 Å². The Balaban J connectivity index is 1.74. The van der Waals surface area contributed by atoms with Gasteiger partial charge in [0.05, 0.1) is 5.92 Å². The summed E-state index contributed by atoms with van der Waals surface area (Å²) in [5.74, 6) is 0.0916. The van der Waals surface area contributed by atoms with E-state index in [-0.39, 0.29) is 5.92 Å². The van der Waals surface area contributed by atoms with Crippen LogP contribution in [0.1, 0.15) is 5.56 Å². The topological polar surface area (TPSA) is 40.5 Å². The van der Waals surface area contributed by atoms with Gasteiger partial charge in [-0.3, -0.25) is 4.79 Å². The molecule has 2 fully saturated rings. The van der Waals surface area contributed by atoms with Crippen LogP contribution < -0.4 is 4.90 Å². The molecule has 16 heavy (non-hydrogen) atoms. The van der Waals surface area contributed by atoms with Crippen molar-refractivity contribution in [1.82, 2.24) is 0 Å². The van der Waals surface area contributed by atoms with Gasteiger partial charge in [-0.15, -0.1) is 0 Å². The van der Waals surface area contributed by atoms with Gasteiger partial charge in [0.2, 0.25) is 0 Å². The summed E-state index contributed by atoms with van der Waals surface area (Å²) in [7, 11) is 0. The molecule has 1 N–H and O–H groups in total. The van der Waals surface area contributed by atoms with Crippen molar-refractivity contribution in [3.05, 3.63) is 29.8 Å². The third-order valence-corrected chi connectivity index (χ3v) is 3.94. The minimum atomic E-state index is -0.612. The van der Waals surface area contributed by atoms with Crippen LogP contribution in [0.3, 0.4) is 0 Å². The van der Waals surface area contributed by atoms with E-state index < -0.39 is 5.97 Å². The Morgan fingerprint density at radius 3 is 2.50 bits per heavy atom. The molecule has 0 aromatic heterocycles. The van der Waals surface area contributed by atoms with Crippen LogP contribution in [0.2, 0.25) is 0 Å². The molecule has 84 valence electrons. The molecule has 1 saturated heterocycles. The number of anilines is 1. The molecule has 2 unspecified atom stereocenters. The first kappa shape index (κ1) is 9.70. The first-order valence-electron chi connectivity index (χ1n) is 5.72. The molecule has 1 aromatic rings. The number of hydrogen-bond donors (Lipinski definition) is 1. The Morgan fingerprint density at radius 1 is 1.31 bits per heavy atom. The Labute approximate surface area is 94.7 Å². The van der Waals surface area contributed by atoms with Crippen LogP contribution in [0.5, 0.6) is 0 Å². The minimum absolute atomic E-state index is 0.0692. The number of rotatable bonds is 2. The average molecular weight is 217 g/mol. The zero-order valence-corrected chi connectivity index (χ0v) is 9.26. The number of para-hydroxylation sites is 1. The summed E-state index contributed by atoms with van der Waals surface area (Å²) in [6.45, 7) is 3.92. The second-order valence-corrected chi connectivity index (χ2v) is 4.88. The quantitative estimate of drug-likeness (QED) is 0.820. The van der Waals surface area contributed by atoms with Crippen LogP contribution in [0.4, 0.5) is 5.69 Å². The van der Waals surface area contributed by atoms with E-state index in [0.29, 0.717) is 11.8 Å². The van der Waals surface area contributed by atoms with Gasteiger partial charge in [0.1, 0.15) is 0 Å². The van der Waals surface area contributed by atoms with Crippen molar-refractivity contribution in [3.63, 3.8) is 0 Å². The van der Waals surface area contributed by atoms with E-state index in [1.807, 2.05) is 12.1 Å². The van der Waals surface area contributed by atoms with Crippen LogP contribution in [-0.4, -0.2) is 24.2 Å². The number of carboxylic acids is 1. The highest BCUT2D eigenvalue weighted by Crippen LogP contribution is 2.52. The molecule has 1 aliphatic carbocycles. The van der Waals surface area contributed by atoms with E-state index in [1.54, 1.807) is 0 Å². The van der Waals surface area contributed by atoms with E-state index in [0.717, 1.165) is 13.1 Å². The van der Waals surface area contributed by atoms with Crippen molar-refractivity contribution >= 4 is 11.7 Å². The highest BCUT2D eigenvalue weighted by atomic mass is 16.4. The molecule has 1 saturated carbocycles. The molecular formula is C13H15NO2. The molecule has 0 bridgehead atoms. The van der Waals surface area contributed by atoms with Crippen LogP contribution in [0.15, 0.2) is 24.3 Å². The summed E-state index contributed by atoms with van der Waals surface area (Å²) in [5.41, 5.74) is 2.54. The lowest BCUT2D eigenvalue weighted by Gasteiger charge is -2.23. The molecule has 0 spiro atoms. The smallest absolute Gasteiger partial charge is 0.307 e. The van der Waals surface area contributed by atoms with Gasteiger partial charge in [0, 0.05) is 18.8 Å². The van der Waals surface area contributed by atoms with Gasteiger partial charge in [0.25, 0.3) is 0 Å². The Bertz CT molecular complexity index is 431. The van der Waals surface area contributed by atoms with Crippen molar-refractivity contribution in [1.29, 1.82) is 0 Å². The third kappa shape index (κ3) is 1.31. The number of aliphatic carboxylic acids is 1. The van der Waals surface area contributed by atoms with Crippen LogP contribution in [0, 0.1) is 24.7 Å². The normalized spacial score (nSPS) is 31.3. The summed E-state index contributed by atoms with van der Waals surface area (Å²) >= 11 is 0. The van der Waals surface area contributed by atoms with E-state index in [2.05, 4.69) is 24.0 Å². The molecule has 1 aliphatic heterocycles. The summed E-state index contributed by atoms with van der Waals surface area (Å²) in [5, 5.41) is 8.95. The van der Waals surface area contributed by atoms with Crippen molar-refractivity contribution in [2.75, 3.05) is 18.0 Å². The Hall–Kier alpha value is -1.51. The lowest BCUT2D eigenvalue weighted by molar-refractivity contribution is -0.139. The molecule has 3 heteroatoms. The number of benzene rings is 1. The van der Waals surface area contributed by atoms with Gasteiger partial charge in [-0.2, -0.15) is 0 Å². The van der Waals surface area contributed by atoms with E-state index >= 15 is 0 Å². The van der Waals surface area contributed by atoms with Crippen molar-refractivity contribution in [3.8, 4) is 0 Å². The molecule has 3 nitrogen and oxygen atoms in total. The minimum Gasteiger partial charge on any atom is -0.481 e. The van der Waals surface area contributed by atoms with Gasteiger partial charge < -0.3 is 10.0 Å². The number of nitrogens with zero attached hydrogens (tertiary/aromatic N) is 1. The SMILES string of the molecule is Cc1ccccc1N1CC2C(C1)C2C(=O)O. The average Bonchev–Trinajstić information content (AvgIpc) is 2.76. The Kier molecular flexibility index (Phi) is 1.96. The number of piperidine rings is 1. The largest absolute Gasteiger partial charge is 0.481 e. The van der Waals surface area contributed by atoms with Crippen LogP contribution >= 0.6 is 0 Å². The molecule has 0 amide bonds. The summed E-state index contributed by atoms with van der Waals surface area (Å²) in [6.07, 6.45) is 0. The number of carboxylic acid groups (broad SMARTS) is 1. The molecular weight excluding hydrogens is 202 g/mol. The molecule has 3 rings (SSSR count). The molecule has 0 radical (unpaired) electrons. The van der Waals surface area contributed by atoms with Gasteiger partial charge in [-0.25, -0.2) is 0 Å². The maximum Gasteiger partial charge on any atom is 0.307 e. The van der Waals surface area contributed by atoms with Crippen molar-refractivity contribution in [2.45, 2.75) is 6.92 Å². The zero-order chi connectivity index (χ0) is 11.3. The summed E-state index contributed by atoms with van der Waals surface area (Å²) in [4.78, 5) is 13.2. The molecule has 1 aromatic carbocycles. The molecule has 2 aliphatic rings. The van der Waals surface area contributed by atoms with Crippen LogP contribution in [-0.2, 0) is 4.79 Å². The standard InChI is InChI=1S/C13H15NO2/c1-8-4-2-3-5-11(8)14-6-9-10(7-14)12(9)13(15)16/h2-5,9-10,12H,6-7H2,1H3,(H,15,16). The predicted octanol–water partition coefficient (Wildman–Crippen LogP) is 1.76. The fraction of sp³-hybridized carbons (Fsp3) is 0.462. The number of hydrogen-bond acceptors (Lipinski definition) is 2. The second-order valence-electron chi connectivity index (χ2n) is 4.88. The third-order valence-electron chi connectivity index (χ3n) is 3.94. The van der Waals surface area contributed by atoms with E-state index in [4.69, 9.17) is 5.11 Å². The van der Waals surface area contributed by atoms with E-state index in [1.165, 1.54) is 11.3 Å². The summed E-state index contributed by atoms with van der Waals surface area (Å²) in [6, 6.07) is 8.31. The fourth-order valence-corrected chi connectivity index (χ4v) is 3.01. The van der Waals surface area contributed by atoms with Crippen LogP contribution in [0.25, 0.3) is 0 Å². The maximum absolute atomic E-state index is 10.9. The monoisotopic (exact) mass is 217 g/mol. The number of aryl methyl sites for hydroxylation is 1. The van der Waals surface area contributed by atoms with Gasteiger partial charge in [0.15, 0.2) is 0 Å². The van der Waals surface area contributed by atoms with Crippen molar-refractivity contribution in [2.24, 2.45) is 17.8 Å². The zero-order valence-electron chi connectivity index (χ0n) is 9.26. The fourth-order valence-electron chi connectivity index (χ4n) is 3.01. The maximum atomic E-state index is 10.9. The lowest BCUT2D eigenvalue weighted by atomic mass is 10.1. The molecule has 1 heterocycles. The highest BCUT2D eigenvalue weighted by molar-refractivity contribution is 5.75. The van der Waals surface area contributed by atoms with Gasteiger partial charge in [-0.05, 0) is 30.4 Å². The lowest BCUT2D eigenvalue weighted by Crippen LogP contribution is -2.26. The summed E-state index contributed by atoms with van der Waals surface area (Å²) < 4.78 is 0. The molecule has 2 atom stereocenters. The van der Waals surface area contributed by atoms with Gasteiger partial charge >= 0.3 is 5.97 Å². The first-order valence-corrected chi connectivity index (χ1v) is 5.72. The number of fused-ring (bicyclic) bond motifs is 1. The predicted molar refractivity (Wildman–Crippen MR) is 61.5 cm³/mol. The van der Waals surface area contributed by atoms with E-state index in [9.17, 15) is 4.79 Å². The number of carbonyl (C=O) groups is 1. The van der Waals surface area contributed by atoms with Gasteiger partial charge in [-0.1, -0.05) is 18.2 Å².